The topological polar surface area (TPSA) is 71.3 Å². The summed E-state index contributed by atoms with van der Waals surface area (Å²) in [7, 11) is 0. The van der Waals surface area contributed by atoms with Crippen molar-refractivity contribution < 1.29 is 9.32 Å². The van der Waals surface area contributed by atoms with Crippen molar-refractivity contribution in [3.63, 3.8) is 0 Å². The summed E-state index contributed by atoms with van der Waals surface area (Å²) in [4.78, 5) is 19.0. The number of hydrogen-bond acceptors (Lipinski definition) is 5. The smallest absolute Gasteiger partial charge is 0.257 e. The highest BCUT2D eigenvalue weighted by molar-refractivity contribution is 6.00. The zero-order chi connectivity index (χ0) is 16.1. The average Bonchev–Trinajstić information content (AvgIpc) is 3.22. The van der Waals surface area contributed by atoms with Crippen LogP contribution in [0.2, 0.25) is 0 Å². The van der Waals surface area contributed by atoms with Crippen molar-refractivity contribution >= 4 is 5.91 Å². The predicted molar refractivity (Wildman–Crippen MR) is 87.1 cm³/mol. The van der Waals surface area contributed by atoms with E-state index in [2.05, 4.69) is 20.4 Å². The summed E-state index contributed by atoms with van der Waals surface area (Å²) in [6.45, 7) is 5.82. The molecule has 1 aliphatic heterocycles. The maximum absolute atomic E-state index is 12.5. The number of carbonyl (C=O) groups excluding carboxylic acids is 1. The first-order valence-corrected chi connectivity index (χ1v) is 8.13. The summed E-state index contributed by atoms with van der Waals surface area (Å²) in [5.74, 6) is 0.393. The molecule has 0 saturated carbocycles. The van der Waals surface area contributed by atoms with Crippen LogP contribution < -0.4 is 5.32 Å². The minimum atomic E-state index is -0.135. The van der Waals surface area contributed by atoms with E-state index in [4.69, 9.17) is 4.52 Å². The van der Waals surface area contributed by atoms with Gasteiger partial charge < -0.3 is 14.7 Å². The van der Waals surface area contributed by atoms with E-state index in [9.17, 15) is 4.79 Å². The molecule has 0 bridgehead atoms. The van der Waals surface area contributed by atoms with Gasteiger partial charge in [0, 0.05) is 24.5 Å². The summed E-state index contributed by atoms with van der Waals surface area (Å²) in [5, 5.41) is 6.99. The second kappa shape index (κ2) is 7.37. The fraction of sp³-hybridized carbons (Fsp3) is 0.471. The number of nitrogens with one attached hydrogen (secondary N) is 1. The molecule has 0 spiro atoms. The number of aryl methyl sites for hydroxylation is 1. The quantitative estimate of drug-likeness (QED) is 0.828. The minimum absolute atomic E-state index is 0.135. The molecule has 23 heavy (non-hydrogen) atoms. The van der Waals surface area contributed by atoms with Crippen molar-refractivity contribution in [2.24, 2.45) is 0 Å². The van der Waals surface area contributed by atoms with Gasteiger partial charge in [0.1, 0.15) is 17.0 Å². The maximum atomic E-state index is 12.5. The summed E-state index contributed by atoms with van der Waals surface area (Å²) in [6.07, 6.45) is 6.91. The average molecular weight is 314 g/mol. The lowest BCUT2D eigenvalue weighted by Crippen LogP contribution is -2.29. The molecule has 0 atom stereocenters. The van der Waals surface area contributed by atoms with Crippen LogP contribution in [-0.4, -0.2) is 47.1 Å². The molecular weight excluding hydrogens is 292 g/mol. The summed E-state index contributed by atoms with van der Waals surface area (Å²) < 4.78 is 5.21. The van der Waals surface area contributed by atoms with Crippen molar-refractivity contribution in [1.82, 2.24) is 20.4 Å². The van der Waals surface area contributed by atoms with E-state index in [1.165, 1.54) is 25.9 Å². The van der Waals surface area contributed by atoms with Crippen molar-refractivity contribution in [2.75, 3.05) is 26.2 Å². The monoisotopic (exact) mass is 314 g/mol. The highest BCUT2D eigenvalue weighted by Gasteiger charge is 2.21. The first-order valence-electron chi connectivity index (χ1n) is 8.13. The second-order valence-corrected chi connectivity index (χ2v) is 5.86. The Morgan fingerprint density at radius 1 is 1.39 bits per heavy atom. The van der Waals surface area contributed by atoms with E-state index in [0.29, 0.717) is 23.6 Å². The molecule has 2 aromatic rings. The molecule has 1 saturated heterocycles. The zero-order valence-corrected chi connectivity index (χ0v) is 13.4. The van der Waals surface area contributed by atoms with Crippen LogP contribution in [0, 0.1) is 6.92 Å². The molecule has 3 heterocycles. The highest BCUT2D eigenvalue weighted by atomic mass is 16.5. The van der Waals surface area contributed by atoms with Gasteiger partial charge in [-0.25, -0.2) is 0 Å². The molecule has 6 heteroatoms. The van der Waals surface area contributed by atoms with E-state index in [1.807, 2.05) is 12.1 Å². The lowest BCUT2D eigenvalue weighted by molar-refractivity contribution is 0.0951. The Labute approximate surface area is 135 Å². The van der Waals surface area contributed by atoms with Gasteiger partial charge >= 0.3 is 0 Å². The molecule has 2 aromatic heterocycles. The van der Waals surface area contributed by atoms with E-state index in [0.717, 1.165) is 18.5 Å². The van der Waals surface area contributed by atoms with E-state index >= 15 is 0 Å². The van der Waals surface area contributed by atoms with E-state index in [1.54, 1.807) is 19.3 Å². The largest absolute Gasteiger partial charge is 0.360 e. The standard InChI is InChI=1S/C17H22N4O2/c1-13-15(16(20-23-13)14-6-4-7-18-12-14)17(22)19-8-5-11-21-9-2-3-10-21/h4,6-7,12H,2-3,5,8-11H2,1H3,(H,19,22). The summed E-state index contributed by atoms with van der Waals surface area (Å²) >= 11 is 0. The first kappa shape index (κ1) is 15.7. The number of pyridine rings is 1. The minimum Gasteiger partial charge on any atom is -0.360 e. The third-order valence-corrected chi connectivity index (χ3v) is 4.16. The van der Waals surface area contributed by atoms with Crippen LogP contribution in [0.25, 0.3) is 11.3 Å². The first-order chi connectivity index (χ1) is 11.3. The zero-order valence-electron chi connectivity index (χ0n) is 13.4. The predicted octanol–water partition coefficient (Wildman–Crippen LogP) is 2.26. The molecule has 1 aliphatic rings. The lowest BCUT2D eigenvalue weighted by Gasteiger charge is -2.14. The number of nitrogens with zero attached hydrogens (tertiary/aromatic N) is 3. The molecular formula is C17H22N4O2. The SMILES string of the molecule is Cc1onc(-c2cccnc2)c1C(=O)NCCCN1CCCC1. The molecule has 1 amide bonds. The van der Waals surface area contributed by atoms with Gasteiger partial charge in [-0.1, -0.05) is 5.16 Å². The normalized spacial score (nSPS) is 15.0. The Kier molecular flexibility index (Phi) is 5.02. The Morgan fingerprint density at radius 3 is 2.96 bits per heavy atom. The van der Waals surface area contributed by atoms with Gasteiger partial charge in [-0.3, -0.25) is 9.78 Å². The van der Waals surface area contributed by atoms with E-state index in [-0.39, 0.29) is 5.91 Å². The van der Waals surface area contributed by atoms with Gasteiger partial charge in [-0.15, -0.1) is 0 Å². The molecule has 6 nitrogen and oxygen atoms in total. The molecule has 0 radical (unpaired) electrons. The van der Waals surface area contributed by atoms with Crippen LogP contribution >= 0.6 is 0 Å². The fourth-order valence-corrected chi connectivity index (χ4v) is 2.94. The molecule has 0 unspecified atom stereocenters. The highest BCUT2D eigenvalue weighted by Crippen LogP contribution is 2.24. The summed E-state index contributed by atoms with van der Waals surface area (Å²) in [5.41, 5.74) is 1.83. The van der Waals surface area contributed by atoms with Crippen LogP contribution in [0.15, 0.2) is 29.0 Å². The third kappa shape index (κ3) is 3.76. The van der Waals surface area contributed by atoms with Crippen molar-refractivity contribution in [2.45, 2.75) is 26.2 Å². The number of carbonyl (C=O) groups is 1. The van der Waals surface area contributed by atoms with Gasteiger partial charge in [-0.2, -0.15) is 0 Å². The fourth-order valence-electron chi connectivity index (χ4n) is 2.94. The van der Waals surface area contributed by atoms with Crippen LogP contribution in [0.1, 0.15) is 35.4 Å². The van der Waals surface area contributed by atoms with Gasteiger partial charge in [0.25, 0.3) is 5.91 Å². The molecule has 1 fully saturated rings. The third-order valence-electron chi connectivity index (χ3n) is 4.16. The Morgan fingerprint density at radius 2 is 2.22 bits per heavy atom. The van der Waals surface area contributed by atoms with Crippen LogP contribution in [-0.2, 0) is 0 Å². The number of hydrogen-bond donors (Lipinski definition) is 1. The molecule has 0 aliphatic carbocycles. The lowest BCUT2D eigenvalue weighted by atomic mass is 10.1. The second-order valence-electron chi connectivity index (χ2n) is 5.86. The number of rotatable bonds is 6. The molecule has 3 rings (SSSR count). The van der Waals surface area contributed by atoms with Crippen molar-refractivity contribution in [3.8, 4) is 11.3 Å². The molecule has 122 valence electrons. The van der Waals surface area contributed by atoms with Crippen molar-refractivity contribution in [1.29, 1.82) is 0 Å². The van der Waals surface area contributed by atoms with Gasteiger partial charge in [0.2, 0.25) is 0 Å². The van der Waals surface area contributed by atoms with Gasteiger partial charge in [0.15, 0.2) is 0 Å². The molecule has 0 aromatic carbocycles. The van der Waals surface area contributed by atoms with Crippen LogP contribution in [0.4, 0.5) is 0 Å². The van der Waals surface area contributed by atoms with Gasteiger partial charge in [0.05, 0.1) is 0 Å². The Bertz CT molecular complexity index is 648. The Hall–Kier alpha value is -2.21. The van der Waals surface area contributed by atoms with Crippen molar-refractivity contribution in [3.05, 3.63) is 35.9 Å². The van der Waals surface area contributed by atoms with Crippen LogP contribution in [0.5, 0.6) is 0 Å². The van der Waals surface area contributed by atoms with E-state index < -0.39 is 0 Å². The molecule has 1 N–H and O–H groups in total. The number of likely N-dealkylation sites (tertiary alicyclic amines) is 1. The summed E-state index contributed by atoms with van der Waals surface area (Å²) in [6, 6.07) is 3.69. The van der Waals surface area contributed by atoms with Gasteiger partial charge in [-0.05, 0) is 58.0 Å². The number of aromatic nitrogens is 2. The Balaban J connectivity index is 1.60. The number of amides is 1. The van der Waals surface area contributed by atoms with Crippen LogP contribution in [0.3, 0.4) is 0 Å². The maximum Gasteiger partial charge on any atom is 0.257 e.